The van der Waals surface area contributed by atoms with Crippen LogP contribution in [-0.4, -0.2) is 31.0 Å². The molecule has 138 valence electrons. The Morgan fingerprint density at radius 1 is 1.04 bits per heavy atom. The summed E-state index contributed by atoms with van der Waals surface area (Å²) < 4.78 is 5.26. The number of carbonyl (C=O) groups is 1. The van der Waals surface area contributed by atoms with Gasteiger partial charge in [-0.15, -0.1) is 0 Å². The van der Waals surface area contributed by atoms with Crippen LogP contribution < -0.4 is 10.1 Å². The van der Waals surface area contributed by atoms with E-state index in [-0.39, 0.29) is 5.91 Å². The van der Waals surface area contributed by atoms with Gasteiger partial charge >= 0.3 is 0 Å². The van der Waals surface area contributed by atoms with E-state index in [9.17, 15) is 4.79 Å². The number of rotatable bonds is 7. The van der Waals surface area contributed by atoms with Crippen LogP contribution in [0, 0.1) is 6.92 Å². The van der Waals surface area contributed by atoms with Crippen molar-refractivity contribution in [2.75, 3.05) is 20.2 Å². The second kappa shape index (κ2) is 8.86. The van der Waals surface area contributed by atoms with Crippen molar-refractivity contribution in [1.29, 1.82) is 0 Å². The van der Waals surface area contributed by atoms with Gasteiger partial charge in [-0.2, -0.15) is 0 Å². The Hall–Kier alpha value is -2.33. The molecule has 1 amide bonds. The van der Waals surface area contributed by atoms with Crippen molar-refractivity contribution in [3.63, 3.8) is 0 Å². The lowest BCUT2D eigenvalue weighted by Crippen LogP contribution is -2.24. The number of amides is 1. The topological polar surface area (TPSA) is 41.6 Å². The second-order valence-corrected chi connectivity index (χ2v) is 7.06. The molecule has 1 N–H and O–H groups in total. The Labute approximate surface area is 156 Å². The molecule has 2 aromatic rings. The summed E-state index contributed by atoms with van der Waals surface area (Å²) in [6, 6.07) is 14.4. The van der Waals surface area contributed by atoms with Gasteiger partial charge in [-0.05, 0) is 61.2 Å². The normalized spacial score (nSPS) is 14.4. The summed E-state index contributed by atoms with van der Waals surface area (Å²) in [6.07, 6.45) is 3.02. The van der Waals surface area contributed by atoms with Gasteiger partial charge in [-0.3, -0.25) is 9.69 Å². The van der Waals surface area contributed by atoms with Gasteiger partial charge < -0.3 is 10.1 Å². The lowest BCUT2D eigenvalue weighted by molar-refractivity contribution is -0.120. The van der Waals surface area contributed by atoms with Crippen molar-refractivity contribution >= 4 is 5.91 Å². The van der Waals surface area contributed by atoms with Crippen LogP contribution in [0.15, 0.2) is 42.5 Å². The van der Waals surface area contributed by atoms with Crippen LogP contribution in [0.25, 0.3) is 0 Å². The van der Waals surface area contributed by atoms with E-state index in [1.165, 1.54) is 31.5 Å². The third-order valence-electron chi connectivity index (χ3n) is 4.94. The molecule has 4 nitrogen and oxygen atoms in total. The first kappa shape index (κ1) is 18.5. The average molecular weight is 352 g/mol. The molecular formula is C22H28N2O2. The molecule has 26 heavy (non-hydrogen) atoms. The van der Waals surface area contributed by atoms with E-state index >= 15 is 0 Å². The van der Waals surface area contributed by atoms with E-state index in [1.54, 1.807) is 7.11 Å². The molecule has 0 bridgehead atoms. The highest BCUT2D eigenvalue weighted by Gasteiger charge is 2.11. The molecule has 4 heteroatoms. The molecule has 1 saturated heterocycles. The van der Waals surface area contributed by atoms with Crippen molar-refractivity contribution in [3.05, 3.63) is 64.7 Å². The van der Waals surface area contributed by atoms with Gasteiger partial charge in [0.15, 0.2) is 0 Å². The van der Waals surface area contributed by atoms with Gasteiger partial charge in [0.25, 0.3) is 0 Å². The zero-order valence-electron chi connectivity index (χ0n) is 15.8. The van der Waals surface area contributed by atoms with E-state index in [4.69, 9.17) is 4.74 Å². The summed E-state index contributed by atoms with van der Waals surface area (Å²) in [7, 11) is 1.66. The molecule has 1 aliphatic rings. The predicted molar refractivity (Wildman–Crippen MR) is 104 cm³/mol. The molecule has 0 aliphatic carbocycles. The van der Waals surface area contributed by atoms with Crippen molar-refractivity contribution in [2.24, 2.45) is 0 Å². The molecule has 3 rings (SSSR count). The van der Waals surface area contributed by atoms with Crippen LogP contribution in [0.1, 0.15) is 35.1 Å². The summed E-state index contributed by atoms with van der Waals surface area (Å²) >= 11 is 0. The second-order valence-electron chi connectivity index (χ2n) is 7.06. The number of aryl methyl sites for hydroxylation is 1. The van der Waals surface area contributed by atoms with Crippen LogP contribution in [0.3, 0.4) is 0 Å². The number of methoxy groups -OCH3 is 1. The van der Waals surface area contributed by atoms with Gasteiger partial charge in [0, 0.05) is 13.1 Å². The molecule has 1 fully saturated rings. The Morgan fingerprint density at radius 3 is 2.35 bits per heavy atom. The first-order chi connectivity index (χ1) is 12.6. The zero-order valence-corrected chi connectivity index (χ0v) is 15.8. The SMILES string of the molecule is COc1ccc(CC(=O)NCc2ccc(CN3CCCC3)cc2)cc1C. The van der Waals surface area contributed by atoms with Crippen LogP contribution >= 0.6 is 0 Å². The number of hydrogen-bond donors (Lipinski definition) is 1. The predicted octanol–water partition coefficient (Wildman–Crippen LogP) is 3.46. The standard InChI is InChI=1S/C22H28N2O2/c1-17-13-20(9-10-21(17)26-2)14-22(25)23-15-18-5-7-19(8-6-18)16-24-11-3-4-12-24/h5-10,13H,3-4,11-12,14-16H2,1-2H3,(H,23,25). The van der Waals surface area contributed by atoms with Gasteiger partial charge in [-0.25, -0.2) is 0 Å². The van der Waals surface area contributed by atoms with Crippen molar-refractivity contribution in [3.8, 4) is 5.75 Å². The van der Waals surface area contributed by atoms with E-state index in [1.807, 2.05) is 25.1 Å². The third kappa shape index (κ3) is 5.09. The van der Waals surface area contributed by atoms with Crippen molar-refractivity contribution < 1.29 is 9.53 Å². The van der Waals surface area contributed by atoms with Crippen molar-refractivity contribution in [1.82, 2.24) is 10.2 Å². The highest BCUT2D eigenvalue weighted by Crippen LogP contribution is 2.18. The third-order valence-corrected chi connectivity index (χ3v) is 4.94. The Morgan fingerprint density at radius 2 is 1.69 bits per heavy atom. The minimum atomic E-state index is 0.0377. The Balaban J connectivity index is 1.47. The number of likely N-dealkylation sites (tertiary alicyclic amines) is 1. The Kier molecular flexibility index (Phi) is 6.29. The maximum atomic E-state index is 12.2. The fourth-order valence-electron chi connectivity index (χ4n) is 3.46. The summed E-state index contributed by atoms with van der Waals surface area (Å²) in [6.45, 7) is 6.01. The fraction of sp³-hybridized carbons (Fsp3) is 0.409. The maximum absolute atomic E-state index is 12.2. The number of nitrogens with one attached hydrogen (secondary N) is 1. The maximum Gasteiger partial charge on any atom is 0.224 e. The summed E-state index contributed by atoms with van der Waals surface area (Å²) in [4.78, 5) is 14.7. The van der Waals surface area contributed by atoms with Crippen LogP contribution in [-0.2, 0) is 24.3 Å². The summed E-state index contributed by atoms with van der Waals surface area (Å²) in [5.41, 5.74) is 4.53. The lowest BCUT2D eigenvalue weighted by atomic mass is 10.1. The minimum Gasteiger partial charge on any atom is -0.496 e. The molecule has 0 unspecified atom stereocenters. The molecule has 1 aliphatic heterocycles. The first-order valence-electron chi connectivity index (χ1n) is 9.34. The molecule has 0 spiro atoms. The molecular weight excluding hydrogens is 324 g/mol. The zero-order chi connectivity index (χ0) is 18.4. The van der Waals surface area contributed by atoms with Gasteiger partial charge in [-0.1, -0.05) is 36.4 Å². The molecule has 1 heterocycles. The van der Waals surface area contributed by atoms with E-state index in [2.05, 4.69) is 34.5 Å². The minimum absolute atomic E-state index is 0.0377. The van der Waals surface area contributed by atoms with E-state index < -0.39 is 0 Å². The van der Waals surface area contributed by atoms with Crippen LogP contribution in [0.5, 0.6) is 5.75 Å². The van der Waals surface area contributed by atoms with Crippen molar-refractivity contribution in [2.45, 2.75) is 39.3 Å². The summed E-state index contributed by atoms with van der Waals surface area (Å²) in [5.74, 6) is 0.888. The fourth-order valence-corrected chi connectivity index (χ4v) is 3.46. The van der Waals surface area contributed by atoms with Gasteiger partial charge in [0.2, 0.25) is 5.91 Å². The highest BCUT2D eigenvalue weighted by atomic mass is 16.5. The number of hydrogen-bond acceptors (Lipinski definition) is 3. The summed E-state index contributed by atoms with van der Waals surface area (Å²) in [5, 5.41) is 3.01. The average Bonchev–Trinajstić information content (AvgIpc) is 3.14. The molecule has 0 atom stereocenters. The van der Waals surface area contributed by atoms with E-state index in [0.29, 0.717) is 13.0 Å². The molecule has 2 aromatic carbocycles. The van der Waals surface area contributed by atoms with Crippen LogP contribution in [0.2, 0.25) is 0 Å². The number of ether oxygens (including phenoxy) is 1. The quantitative estimate of drug-likeness (QED) is 0.830. The number of nitrogens with zero attached hydrogens (tertiary/aromatic N) is 1. The Bertz CT molecular complexity index is 734. The van der Waals surface area contributed by atoms with Gasteiger partial charge in [0.05, 0.1) is 13.5 Å². The van der Waals surface area contributed by atoms with Gasteiger partial charge in [0.1, 0.15) is 5.75 Å². The largest absolute Gasteiger partial charge is 0.496 e. The van der Waals surface area contributed by atoms with E-state index in [0.717, 1.165) is 29.0 Å². The highest BCUT2D eigenvalue weighted by molar-refractivity contribution is 5.78. The lowest BCUT2D eigenvalue weighted by Gasteiger charge is -2.14. The first-order valence-corrected chi connectivity index (χ1v) is 9.34. The monoisotopic (exact) mass is 352 g/mol. The smallest absolute Gasteiger partial charge is 0.224 e. The van der Waals surface area contributed by atoms with Crippen LogP contribution in [0.4, 0.5) is 0 Å². The molecule has 0 saturated carbocycles. The molecule has 0 radical (unpaired) electrons. The number of carbonyl (C=O) groups excluding carboxylic acids is 1. The number of benzene rings is 2. The molecule has 0 aromatic heterocycles.